The van der Waals surface area contributed by atoms with Gasteiger partial charge in [-0.25, -0.2) is 0 Å². The lowest BCUT2D eigenvalue weighted by Crippen LogP contribution is -2.27. The van der Waals surface area contributed by atoms with E-state index in [0.717, 1.165) is 17.9 Å². The van der Waals surface area contributed by atoms with Gasteiger partial charge in [0.15, 0.2) is 0 Å². The van der Waals surface area contributed by atoms with Crippen LogP contribution in [0.25, 0.3) is 0 Å². The summed E-state index contributed by atoms with van der Waals surface area (Å²) in [4.78, 5) is 0. The highest BCUT2D eigenvalue weighted by Gasteiger charge is 2.00. The summed E-state index contributed by atoms with van der Waals surface area (Å²) in [6.45, 7) is 5.42. The molecule has 0 aliphatic rings. The highest BCUT2D eigenvalue weighted by Crippen LogP contribution is 2.06. The molecule has 0 spiro atoms. The van der Waals surface area contributed by atoms with Crippen LogP contribution >= 0.6 is 11.8 Å². The first-order valence-electron chi connectivity index (χ1n) is 5.76. The SMILES string of the molecule is CCSCC(C)NCc1ccc(CO)cc1. The van der Waals surface area contributed by atoms with Gasteiger partial charge in [-0.2, -0.15) is 11.8 Å². The van der Waals surface area contributed by atoms with Crippen LogP contribution in [0.3, 0.4) is 0 Å². The number of aliphatic hydroxyl groups excluding tert-OH is 1. The van der Waals surface area contributed by atoms with Crippen molar-refractivity contribution in [3.63, 3.8) is 0 Å². The third-order valence-corrected chi connectivity index (χ3v) is 3.58. The van der Waals surface area contributed by atoms with Gasteiger partial charge in [0.1, 0.15) is 0 Å². The summed E-state index contributed by atoms with van der Waals surface area (Å²) < 4.78 is 0. The number of aliphatic hydroxyl groups is 1. The largest absolute Gasteiger partial charge is 0.392 e. The quantitative estimate of drug-likeness (QED) is 0.766. The molecule has 0 saturated carbocycles. The molecule has 2 N–H and O–H groups in total. The molecule has 1 rings (SSSR count). The molecule has 3 heteroatoms. The van der Waals surface area contributed by atoms with Gasteiger partial charge >= 0.3 is 0 Å². The molecule has 1 aromatic rings. The van der Waals surface area contributed by atoms with Gasteiger partial charge in [0.2, 0.25) is 0 Å². The second-order valence-electron chi connectivity index (χ2n) is 3.92. The minimum atomic E-state index is 0.122. The van der Waals surface area contributed by atoms with Crippen LogP contribution in [0.4, 0.5) is 0 Å². The van der Waals surface area contributed by atoms with Gasteiger partial charge in [-0.15, -0.1) is 0 Å². The first kappa shape index (κ1) is 13.6. The van der Waals surface area contributed by atoms with Crippen LogP contribution in [-0.4, -0.2) is 22.7 Å². The second-order valence-corrected chi connectivity index (χ2v) is 5.23. The Morgan fingerprint density at radius 2 is 1.88 bits per heavy atom. The Kier molecular flexibility index (Phi) is 6.53. The van der Waals surface area contributed by atoms with E-state index in [2.05, 4.69) is 31.3 Å². The highest BCUT2D eigenvalue weighted by atomic mass is 32.2. The molecule has 0 heterocycles. The minimum Gasteiger partial charge on any atom is -0.392 e. The van der Waals surface area contributed by atoms with Crippen molar-refractivity contribution in [2.24, 2.45) is 0 Å². The fraction of sp³-hybridized carbons (Fsp3) is 0.538. The van der Waals surface area contributed by atoms with Crippen molar-refractivity contribution in [3.8, 4) is 0 Å². The van der Waals surface area contributed by atoms with E-state index in [4.69, 9.17) is 5.11 Å². The summed E-state index contributed by atoms with van der Waals surface area (Å²) in [5.74, 6) is 2.34. The van der Waals surface area contributed by atoms with E-state index in [1.807, 2.05) is 23.9 Å². The first-order chi connectivity index (χ1) is 7.76. The predicted molar refractivity (Wildman–Crippen MR) is 71.7 cm³/mol. The van der Waals surface area contributed by atoms with E-state index in [1.54, 1.807) is 0 Å². The molecule has 0 aliphatic heterocycles. The molecule has 0 saturated heterocycles. The van der Waals surface area contributed by atoms with Crippen LogP contribution < -0.4 is 5.32 Å². The molecule has 0 bridgehead atoms. The van der Waals surface area contributed by atoms with E-state index < -0.39 is 0 Å². The number of nitrogens with one attached hydrogen (secondary N) is 1. The fourth-order valence-corrected chi connectivity index (χ4v) is 2.12. The van der Waals surface area contributed by atoms with Crippen molar-refractivity contribution < 1.29 is 5.11 Å². The Hall–Kier alpha value is -0.510. The zero-order valence-electron chi connectivity index (χ0n) is 10.1. The molecule has 1 unspecified atom stereocenters. The number of hydrogen-bond donors (Lipinski definition) is 2. The van der Waals surface area contributed by atoms with Gasteiger partial charge in [0.05, 0.1) is 6.61 Å². The molecule has 2 nitrogen and oxygen atoms in total. The molecule has 1 atom stereocenters. The zero-order chi connectivity index (χ0) is 11.8. The van der Waals surface area contributed by atoms with Crippen LogP contribution in [0.2, 0.25) is 0 Å². The number of thioether (sulfide) groups is 1. The summed E-state index contributed by atoms with van der Waals surface area (Å²) in [5, 5.41) is 12.4. The summed E-state index contributed by atoms with van der Waals surface area (Å²) in [6.07, 6.45) is 0. The third kappa shape index (κ3) is 5.01. The second kappa shape index (κ2) is 7.71. The zero-order valence-corrected chi connectivity index (χ0v) is 10.9. The van der Waals surface area contributed by atoms with Crippen LogP contribution in [0.5, 0.6) is 0 Å². The Bertz CT molecular complexity index is 286. The van der Waals surface area contributed by atoms with Gasteiger partial charge in [-0.05, 0) is 23.8 Å². The molecular weight excluding hydrogens is 218 g/mol. The normalized spacial score (nSPS) is 12.7. The van der Waals surface area contributed by atoms with E-state index >= 15 is 0 Å². The van der Waals surface area contributed by atoms with Crippen molar-refractivity contribution in [1.82, 2.24) is 5.32 Å². The topological polar surface area (TPSA) is 32.3 Å². The van der Waals surface area contributed by atoms with Crippen LogP contribution in [-0.2, 0) is 13.2 Å². The molecule has 0 aromatic heterocycles. The molecule has 0 radical (unpaired) electrons. The highest BCUT2D eigenvalue weighted by molar-refractivity contribution is 7.99. The molecule has 90 valence electrons. The smallest absolute Gasteiger partial charge is 0.0681 e. The molecule has 0 aliphatic carbocycles. The van der Waals surface area contributed by atoms with E-state index in [1.165, 1.54) is 11.3 Å². The summed E-state index contributed by atoms with van der Waals surface area (Å²) >= 11 is 1.96. The Morgan fingerprint density at radius 1 is 1.25 bits per heavy atom. The van der Waals surface area contributed by atoms with Crippen molar-refractivity contribution in [3.05, 3.63) is 35.4 Å². The average molecular weight is 239 g/mol. The Balaban J connectivity index is 2.30. The lowest BCUT2D eigenvalue weighted by Gasteiger charge is -2.13. The third-order valence-electron chi connectivity index (χ3n) is 2.43. The lowest BCUT2D eigenvalue weighted by molar-refractivity contribution is 0.282. The van der Waals surface area contributed by atoms with Crippen molar-refractivity contribution in [2.45, 2.75) is 33.0 Å². The van der Waals surface area contributed by atoms with Gasteiger partial charge in [0, 0.05) is 18.3 Å². The van der Waals surface area contributed by atoms with Crippen LogP contribution in [0, 0.1) is 0 Å². The number of rotatable bonds is 7. The molecule has 16 heavy (non-hydrogen) atoms. The maximum absolute atomic E-state index is 8.93. The van der Waals surface area contributed by atoms with Crippen LogP contribution in [0.1, 0.15) is 25.0 Å². The van der Waals surface area contributed by atoms with Gasteiger partial charge < -0.3 is 10.4 Å². The standard InChI is InChI=1S/C13H21NOS/c1-3-16-10-11(2)14-8-12-4-6-13(9-15)7-5-12/h4-7,11,14-15H,3,8-10H2,1-2H3. The lowest BCUT2D eigenvalue weighted by atomic mass is 10.1. The van der Waals surface area contributed by atoms with Gasteiger partial charge in [-0.3, -0.25) is 0 Å². The Labute approximate surface area is 102 Å². The first-order valence-corrected chi connectivity index (χ1v) is 6.91. The molecule has 1 aromatic carbocycles. The number of hydrogen-bond acceptors (Lipinski definition) is 3. The fourth-order valence-electron chi connectivity index (χ4n) is 1.41. The monoisotopic (exact) mass is 239 g/mol. The van der Waals surface area contributed by atoms with Gasteiger partial charge in [-0.1, -0.05) is 31.2 Å². The maximum atomic E-state index is 8.93. The van der Waals surface area contributed by atoms with Crippen molar-refractivity contribution in [1.29, 1.82) is 0 Å². The van der Waals surface area contributed by atoms with Crippen molar-refractivity contribution in [2.75, 3.05) is 11.5 Å². The predicted octanol–water partition coefficient (Wildman–Crippen LogP) is 2.41. The van der Waals surface area contributed by atoms with Crippen molar-refractivity contribution >= 4 is 11.8 Å². The Morgan fingerprint density at radius 3 is 2.44 bits per heavy atom. The number of benzene rings is 1. The van der Waals surface area contributed by atoms with Gasteiger partial charge in [0.25, 0.3) is 0 Å². The van der Waals surface area contributed by atoms with E-state index in [-0.39, 0.29) is 6.61 Å². The summed E-state index contributed by atoms with van der Waals surface area (Å²) in [5.41, 5.74) is 2.24. The van der Waals surface area contributed by atoms with Crippen LogP contribution in [0.15, 0.2) is 24.3 Å². The van der Waals surface area contributed by atoms with E-state index in [9.17, 15) is 0 Å². The minimum absolute atomic E-state index is 0.122. The summed E-state index contributed by atoms with van der Waals surface area (Å²) in [6, 6.07) is 8.63. The average Bonchev–Trinajstić information content (AvgIpc) is 2.34. The summed E-state index contributed by atoms with van der Waals surface area (Å²) in [7, 11) is 0. The molecule has 0 amide bonds. The molecular formula is C13H21NOS. The maximum Gasteiger partial charge on any atom is 0.0681 e. The van der Waals surface area contributed by atoms with E-state index in [0.29, 0.717) is 6.04 Å². The molecule has 0 fully saturated rings.